The van der Waals surface area contributed by atoms with Crippen LogP contribution >= 0.6 is 12.6 Å². The van der Waals surface area contributed by atoms with Crippen molar-refractivity contribution in [3.8, 4) is 5.75 Å². The van der Waals surface area contributed by atoms with Gasteiger partial charge >= 0.3 is 5.97 Å². The first-order valence-corrected chi connectivity index (χ1v) is 5.51. The van der Waals surface area contributed by atoms with Crippen LogP contribution in [0, 0.1) is 0 Å². The van der Waals surface area contributed by atoms with Gasteiger partial charge in [-0.25, -0.2) is 4.79 Å². The average Bonchev–Trinajstić information content (AvgIpc) is 2.35. The van der Waals surface area contributed by atoms with E-state index in [2.05, 4.69) is 17.9 Å². The van der Waals surface area contributed by atoms with Crippen molar-refractivity contribution in [2.45, 2.75) is 6.04 Å². The van der Waals surface area contributed by atoms with Gasteiger partial charge in [0, 0.05) is 5.75 Å². The molecule has 2 N–H and O–H groups in total. The zero-order valence-corrected chi connectivity index (χ0v) is 10.1. The molecule has 1 aromatic rings. The molecule has 0 aromatic heterocycles. The summed E-state index contributed by atoms with van der Waals surface area (Å²) in [5, 5.41) is 11.2. The van der Waals surface area contributed by atoms with Crippen molar-refractivity contribution in [3.05, 3.63) is 29.8 Å². The Labute approximate surface area is 104 Å². The number of hydrogen-bond donors (Lipinski definition) is 3. The lowest BCUT2D eigenvalue weighted by Gasteiger charge is -2.13. The highest BCUT2D eigenvalue weighted by molar-refractivity contribution is 7.80. The molecule has 92 valence electrons. The second-order valence-electron chi connectivity index (χ2n) is 3.25. The summed E-state index contributed by atoms with van der Waals surface area (Å²) in [5.41, 5.74) is 0.294. The monoisotopic (exact) mass is 255 g/mol. The highest BCUT2D eigenvalue weighted by Gasteiger charge is 2.20. The molecular weight excluding hydrogens is 242 g/mol. The predicted molar refractivity (Wildman–Crippen MR) is 65.7 cm³/mol. The molecule has 0 radical (unpaired) electrons. The Hall–Kier alpha value is -1.69. The van der Waals surface area contributed by atoms with E-state index in [-0.39, 0.29) is 5.75 Å². The third kappa shape index (κ3) is 3.39. The zero-order valence-electron chi connectivity index (χ0n) is 9.21. The normalized spacial score (nSPS) is 11.6. The largest absolute Gasteiger partial charge is 0.496 e. The van der Waals surface area contributed by atoms with Crippen LogP contribution in [-0.2, 0) is 4.79 Å². The van der Waals surface area contributed by atoms with E-state index in [0.29, 0.717) is 11.3 Å². The van der Waals surface area contributed by atoms with Gasteiger partial charge in [-0.15, -0.1) is 0 Å². The number of nitrogens with one attached hydrogen (secondary N) is 1. The van der Waals surface area contributed by atoms with Crippen molar-refractivity contribution >= 4 is 24.5 Å². The number of rotatable bonds is 5. The Morgan fingerprint density at radius 1 is 1.47 bits per heavy atom. The van der Waals surface area contributed by atoms with Crippen molar-refractivity contribution in [1.29, 1.82) is 0 Å². The van der Waals surface area contributed by atoms with Crippen LogP contribution in [0.15, 0.2) is 24.3 Å². The van der Waals surface area contributed by atoms with Crippen molar-refractivity contribution < 1.29 is 19.4 Å². The number of aliphatic carboxylic acids is 1. The second kappa shape index (κ2) is 6.15. The first-order valence-electron chi connectivity index (χ1n) is 4.87. The van der Waals surface area contributed by atoms with Gasteiger partial charge in [0.25, 0.3) is 5.91 Å². The third-order valence-electron chi connectivity index (χ3n) is 2.14. The summed E-state index contributed by atoms with van der Waals surface area (Å²) >= 11 is 3.86. The SMILES string of the molecule is COc1ccccc1C(=O)N[C@@H](CS)C(=O)O. The molecule has 6 heteroatoms. The van der Waals surface area contributed by atoms with Crippen LogP contribution in [0.5, 0.6) is 5.75 Å². The predicted octanol–water partition coefficient (Wildman–Crippen LogP) is 0.808. The van der Waals surface area contributed by atoms with Gasteiger partial charge in [0.15, 0.2) is 0 Å². The topological polar surface area (TPSA) is 75.6 Å². The molecule has 0 heterocycles. The molecule has 0 aliphatic carbocycles. The maximum absolute atomic E-state index is 11.8. The van der Waals surface area contributed by atoms with Crippen molar-refractivity contribution in [1.82, 2.24) is 5.32 Å². The van der Waals surface area contributed by atoms with Crippen LogP contribution in [0.25, 0.3) is 0 Å². The van der Waals surface area contributed by atoms with E-state index < -0.39 is 17.9 Å². The Bertz CT molecular complexity index is 422. The lowest BCUT2D eigenvalue weighted by Crippen LogP contribution is -2.42. The number of benzene rings is 1. The molecule has 1 atom stereocenters. The number of carboxylic acids is 1. The van der Waals surface area contributed by atoms with Gasteiger partial charge in [-0.05, 0) is 12.1 Å². The summed E-state index contributed by atoms with van der Waals surface area (Å²) in [6, 6.07) is 5.57. The second-order valence-corrected chi connectivity index (χ2v) is 3.61. The maximum Gasteiger partial charge on any atom is 0.327 e. The molecule has 0 aliphatic heterocycles. The summed E-state index contributed by atoms with van der Waals surface area (Å²) in [4.78, 5) is 22.6. The standard InChI is InChI=1S/C11H13NO4S/c1-16-9-5-3-2-4-7(9)10(13)12-8(6-17)11(14)15/h2-5,8,17H,6H2,1H3,(H,12,13)(H,14,15)/t8-/m0/s1. The highest BCUT2D eigenvalue weighted by atomic mass is 32.1. The van der Waals surface area contributed by atoms with Gasteiger partial charge in [-0.2, -0.15) is 12.6 Å². The van der Waals surface area contributed by atoms with E-state index in [1.165, 1.54) is 7.11 Å². The molecule has 0 saturated heterocycles. The average molecular weight is 255 g/mol. The fourth-order valence-electron chi connectivity index (χ4n) is 1.25. The van der Waals surface area contributed by atoms with E-state index in [0.717, 1.165) is 0 Å². The van der Waals surface area contributed by atoms with Gasteiger partial charge in [-0.3, -0.25) is 4.79 Å². The van der Waals surface area contributed by atoms with Gasteiger partial charge < -0.3 is 15.2 Å². The van der Waals surface area contributed by atoms with Gasteiger partial charge in [0.1, 0.15) is 11.8 Å². The Morgan fingerprint density at radius 3 is 2.65 bits per heavy atom. The van der Waals surface area contributed by atoms with Crippen LogP contribution < -0.4 is 10.1 Å². The van der Waals surface area contributed by atoms with E-state index in [1.807, 2.05) is 0 Å². The number of hydrogen-bond acceptors (Lipinski definition) is 4. The summed E-state index contributed by atoms with van der Waals surface area (Å²) in [6.45, 7) is 0. The number of carbonyl (C=O) groups excluding carboxylic acids is 1. The van der Waals surface area contributed by atoms with Crippen molar-refractivity contribution in [2.24, 2.45) is 0 Å². The number of para-hydroxylation sites is 1. The number of amides is 1. The number of carboxylic acid groups (broad SMARTS) is 1. The molecule has 0 spiro atoms. The van der Waals surface area contributed by atoms with Crippen LogP contribution in [0.3, 0.4) is 0 Å². The van der Waals surface area contributed by atoms with Gasteiger partial charge in [0.05, 0.1) is 12.7 Å². The quantitative estimate of drug-likeness (QED) is 0.680. The number of carbonyl (C=O) groups is 2. The van der Waals surface area contributed by atoms with E-state index in [4.69, 9.17) is 9.84 Å². The van der Waals surface area contributed by atoms with Crippen LogP contribution in [0.2, 0.25) is 0 Å². The maximum atomic E-state index is 11.8. The Morgan fingerprint density at radius 2 is 2.12 bits per heavy atom. The first-order chi connectivity index (χ1) is 8.10. The lowest BCUT2D eigenvalue weighted by atomic mass is 10.1. The van der Waals surface area contributed by atoms with E-state index in [9.17, 15) is 9.59 Å². The van der Waals surface area contributed by atoms with E-state index >= 15 is 0 Å². The molecule has 1 aromatic carbocycles. The minimum Gasteiger partial charge on any atom is -0.496 e. The minimum absolute atomic E-state index is 0.0240. The lowest BCUT2D eigenvalue weighted by molar-refractivity contribution is -0.138. The summed E-state index contributed by atoms with van der Waals surface area (Å²) in [7, 11) is 1.44. The fraction of sp³-hybridized carbons (Fsp3) is 0.273. The fourth-order valence-corrected chi connectivity index (χ4v) is 1.50. The minimum atomic E-state index is -1.12. The Balaban J connectivity index is 2.86. The Kier molecular flexibility index (Phi) is 4.84. The summed E-state index contributed by atoms with van der Waals surface area (Å²) < 4.78 is 5.01. The third-order valence-corrected chi connectivity index (χ3v) is 2.50. The molecule has 0 bridgehead atoms. The zero-order chi connectivity index (χ0) is 12.8. The molecule has 17 heavy (non-hydrogen) atoms. The molecule has 0 saturated carbocycles. The molecule has 1 rings (SSSR count). The molecular formula is C11H13NO4S. The molecule has 0 aliphatic rings. The van der Waals surface area contributed by atoms with Crippen LogP contribution in [-0.4, -0.2) is 35.9 Å². The molecule has 5 nitrogen and oxygen atoms in total. The van der Waals surface area contributed by atoms with E-state index in [1.54, 1.807) is 24.3 Å². The summed E-state index contributed by atoms with van der Waals surface area (Å²) in [5.74, 6) is -1.20. The smallest absolute Gasteiger partial charge is 0.327 e. The van der Waals surface area contributed by atoms with Crippen molar-refractivity contribution in [3.63, 3.8) is 0 Å². The number of thiol groups is 1. The van der Waals surface area contributed by atoms with Gasteiger partial charge in [-0.1, -0.05) is 12.1 Å². The van der Waals surface area contributed by atoms with Crippen LogP contribution in [0.1, 0.15) is 10.4 Å². The molecule has 0 fully saturated rings. The molecule has 1 amide bonds. The summed E-state index contributed by atoms with van der Waals surface area (Å²) in [6.07, 6.45) is 0. The van der Waals surface area contributed by atoms with Crippen molar-refractivity contribution in [2.75, 3.05) is 12.9 Å². The first kappa shape index (κ1) is 13.4. The molecule has 0 unspecified atom stereocenters. The number of methoxy groups -OCH3 is 1. The van der Waals surface area contributed by atoms with Crippen LogP contribution in [0.4, 0.5) is 0 Å². The van der Waals surface area contributed by atoms with Gasteiger partial charge in [0.2, 0.25) is 0 Å². The highest BCUT2D eigenvalue weighted by Crippen LogP contribution is 2.17. The number of ether oxygens (including phenoxy) is 1.